The number of benzene rings is 3. The summed E-state index contributed by atoms with van der Waals surface area (Å²) in [6.45, 7) is 0.0369. The van der Waals surface area contributed by atoms with Crippen LogP contribution in [0.15, 0.2) is 72.8 Å². The van der Waals surface area contributed by atoms with E-state index in [4.69, 9.17) is 14.2 Å². The van der Waals surface area contributed by atoms with Crippen molar-refractivity contribution < 1.29 is 23.8 Å². The lowest BCUT2D eigenvalue weighted by Crippen LogP contribution is -2.28. The molecule has 7 nitrogen and oxygen atoms in total. The van der Waals surface area contributed by atoms with Crippen LogP contribution in [0.1, 0.15) is 17.5 Å². The van der Waals surface area contributed by atoms with E-state index in [0.717, 1.165) is 44.8 Å². The number of esters is 1. The average Bonchev–Trinajstić information content (AvgIpc) is 3.28. The fourth-order valence-electron chi connectivity index (χ4n) is 3.90. The van der Waals surface area contributed by atoms with Gasteiger partial charge in [-0.25, -0.2) is 0 Å². The van der Waals surface area contributed by atoms with Crippen LogP contribution in [0, 0.1) is 0 Å². The molecule has 0 saturated heterocycles. The number of hydrogen-bond donors (Lipinski definition) is 2. The lowest BCUT2D eigenvalue weighted by atomic mass is 10.0. The zero-order valence-electron chi connectivity index (χ0n) is 19.8. The zero-order valence-corrected chi connectivity index (χ0v) is 19.8. The zero-order chi connectivity index (χ0) is 24.6. The van der Waals surface area contributed by atoms with Gasteiger partial charge >= 0.3 is 5.97 Å². The molecule has 0 aliphatic heterocycles. The number of carbonyl (C=O) groups is 2. The molecule has 0 aliphatic rings. The number of H-pyrrole nitrogens is 1. The lowest BCUT2D eigenvalue weighted by Gasteiger charge is -2.09. The Labute approximate surface area is 204 Å². The van der Waals surface area contributed by atoms with Crippen LogP contribution in [0.3, 0.4) is 0 Å². The minimum Gasteiger partial charge on any atom is -0.497 e. The Balaban J connectivity index is 1.34. The molecule has 0 spiro atoms. The average molecular weight is 473 g/mol. The number of aromatic nitrogens is 1. The van der Waals surface area contributed by atoms with E-state index in [0.29, 0.717) is 13.0 Å². The molecular weight excluding hydrogens is 444 g/mol. The van der Waals surface area contributed by atoms with Crippen molar-refractivity contribution in [3.8, 4) is 22.8 Å². The third kappa shape index (κ3) is 6.00. The third-order valence-corrected chi connectivity index (χ3v) is 5.78. The monoisotopic (exact) mass is 472 g/mol. The van der Waals surface area contributed by atoms with Gasteiger partial charge in [0.05, 0.1) is 14.2 Å². The molecule has 0 fully saturated rings. The van der Waals surface area contributed by atoms with Gasteiger partial charge in [0.1, 0.15) is 11.5 Å². The predicted molar refractivity (Wildman–Crippen MR) is 134 cm³/mol. The van der Waals surface area contributed by atoms with Crippen LogP contribution in [-0.2, 0) is 27.3 Å². The third-order valence-electron chi connectivity index (χ3n) is 5.78. The van der Waals surface area contributed by atoms with Crippen molar-refractivity contribution in [1.29, 1.82) is 0 Å². The molecule has 3 aromatic carbocycles. The fourth-order valence-corrected chi connectivity index (χ4v) is 3.90. The van der Waals surface area contributed by atoms with E-state index in [2.05, 4.69) is 10.3 Å². The van der Waals surface area contributed by atoms with Crippen molar-refractivity contribution in [2.75, 3.05) is 20.8 Å². The smallest absolute Gasteiger partial charge is 0.306 e. The Kier molecular flexibility index (Phi) is 7.67. The SMILES string of the molecule is COc1ccc(CNC(=O)COC(=O)CCc2c(-c3ccc(OC)cc3)[nH]c3ccccc23)cc1. The molecule has 1 heterocycles. The van der Waals surface area contributed by atoms with E-state index in [1.807, 2.05) is 72.8 Å². The first-order valence-corrected chi connectivity index (χ1v) is 11.4. The second-order valence-corrected chi connectivity index (χ2v) is 8.04. The maximum Gasteiger partial charge on any atom is 0.306 e. The number of hydrogen-bond acceptors (Lipinski definition) is 5. The second kappa shape index (κ2) is 11.2. The standard InChI is InChI=1S/C28H28N2O5/c1-33-21-11-7-19(8-12-21)17-29-26(31)18-35-27(32)16-15-24-23-5-3-4-6-25(23)30-28(24)20-9-13-22(34-2)14-10-20/h3-14,30H,15-18H2,1-2H3,(H,29,31). The van der Waals surface area contributed by atoms with Gasteiger partial charge in [-0.15, -0.1) is 0 Å². The van der Waals surface area contributed by atoms with Crippen molar-refractivity contribution in [1.82, 2.24) is 10.3 Å². The van der Waals surface area contributed by atoms with Gasteiger partial charge in [-0.1, -0.05) is 30.3 Å². The Hall–Kier alpha value is -4.26. The molecule has 7 heteroatoms. The van der Waals surface area contributed by atoms with Gasteiger partial charge < -0.3 is 24.5 Å². The van der Waals surface area contributed by atoms with Gasteiger partial charge in [0.25, 0.3) is 5.91 Å². The van der Waals surface area contributed by atoms with Gasteiger partial charge in [-0.2, -0.15) is 0 Å². The summed E-state index contributed by atoms with van der Waals surface area (Å²) in [5, 5.41) is 3.81. The maximum absolute atomic E-state index is 12.4. The van der Waals surface area contributed by atoms with Crippen LogP contribution in [0.2, 0.25) is 0 Å². The summed E-state index contributed by atoms with van der Waals surface area (Å²) < 4.78 is 15.6. The lowest BCUT2D eigenvalue weighted by molar-refractivity contribution is -0.148. The van der Waals surface area contributed by atoms with Gasteiger partial charge in [-0.3, -0.25) is 9.59 Å². The summed E-state index contributed by atoms with van der Waals surface area (Å²) in [7, 11) is 3.23. The molecule has 0 saturated carbocycles. The highest BCUT2D eigenvalue weighted by atomic mass is 16.5. The van der Waals surface area contributed by atoms with Crippen molar-refractivity contribution in [2.24, 2.45) is 0 Å². The van der Waals surface area contributed by atoms with Crippen LogP contribution in [-0.4, -0.2) is 37.7 Å². The summed E-state index contributed by atoms with van der Waals surface area (Å²) in [4.78, 5) is 28.0. The van der Waals surface area contributed by atoms with E-state index in [9.17, 15) is 9.59 Å². The number of amides is 1. The van der Waals surface area contributed by atoms with Gasteiger partial charge in [0.2, 0.25) is 0 Å². The molecule has 180 valence electrons. The predicted octanol–water partition coefficient (Wildman–Crippen LogP) is 4.64. The topological polar surface area (TPSA) is 89.7 Å². The van der Waals surface area contributed by atoms with E-state index in [1.54, 1.807) is 14.2 Å². The molecule has 4 aromatic rings. The number of methoxy groups -OCH3 is 2. The first kappa shape index (κ1) is 23.9. The van der Waals surface area contributed by atoms with Crippen molar-refractivity contribution in [3.05, 3.63) is 83.9 Å². The quantitative estimate of drug-likeness (QED) is 0.328. The van der Waals surface area contributed by atoms with Gasteiger partial charge in [-0.05, 0) is 65.6 Å². The summed E-state index contributed by atoms with van der Waals surface area (Å²) >= 11 is 0. The summed E-state index contributed by atoms with van der Waals surface area (Å²) in [6, 6.07) is 23.2. The fraction of sp³-hybridized carbons (Fsp3) is 0.214. The molecule has 1 amide bonds. The first-order chi connectivity index (χ1) is 17.1. The highest BCUT2D eigenvalue weighted by Gasteiger charge is 2.16. The molecule has 0 bridgehead atoms. The molecular formula is C28H28N2O5. The van der Waals surface area contributed by atoms with E-state index in [-0.39, 0.29) is 18.9 Å². The molecule has 35 heavy (non-hydrogen) atoms. The number of fused-ring (bicyclic) bond motifs is 1. The molecule has 0 radical (unpaired) electrons. The minimum atomic E-state index is -0.421. The molecule has 0 unspecified atom stereocenters. The van der Waals surface area contributed by atoms with E-state index >= 15 is 0 Å². The van der Waals surface area contributed by atoms with Crippen LogP contribution in [0.5, 0.6) is 11.5 Å². The van der Waals surface area contributed by atoms with E-state index in [1.165, 1.54) is 0 Å². The molecule has 1 aromatic heterocycles. The molecule has 0 atom stereocenters. The van der Waals surface area contributed by atoms with Gasteiger partial charge in [0.15, 0.2) is 6.61 Å². The van der Waals surface area contributed by atoms with Crippen molar-refractivity contribution in [3.63, 3.8) is 0 Å². The second-order valence-electron chi connectivity index (χ2n) is 8.04. The number of para-hydroxylation sites is 1. The summed E-state index contributed by atoms with van der Waals surface area (Å²) in [5.41, 5.74) is 4.92. The van der Waals surface area contributed by atoms with Crippen LogP contribution in [0.4, 0.5) is 0 Å². The maximum atomic E-state index is 12.4. The largest absolute Gasteiger partial charge is 0.497 e. The summed E-state index contributed by atoms with van der Waals surface area (Å²) in [5.74, 6) is 0.760. The Morgan fingerprint density at radius 2 is 1.51 bits per heavy atom. The normalized spacial score (nSPS) is 10.7. The van der Waals surface area contributed by atoms with Crippen LogP contribution < -0.4 is 14.8 Å². The number of rotatable bonds is 10. The molecule has 0 aliphatic carbocycles. The Morgan fingerprint density at radius 3 is 2.20 bits per heavy atom. The molecule has 2 N–H and O–H groups in total. The number of carbonyl (C=O) groups excluding carboxylic acids is 2. The molecule has 4 rings (SSSR count). The highest BCUT2D eigenvalue weighted by Crippen LogP contribution is 2.32. The number of aryl methyl sites for hydroxylation is 1. The van der Waals surface area contributed by atoms with Crippen LogP contribution >= 0.6 is 0 Å². The van der Waals surface area contributed by atoms with Crippen molar-refractivity contribution >= 4 is 22.8 Å². The Bertz CT molecular complexity index is 1290. The van der Waals surface area contributed by atoms with Crippen LogP contribution in [0.25, 0.3) is 22.2 Å². The summed E-state index contributed by atoms with van der Waals surface area (Å²) in [6.07, 6.45) is 0.647. The minimum absolute atomic E-state index is 0.163. The highest BCUT2D eigenvalue weighted by molar-refractivity contribution is 5.91. The number of ether oxygens (including phenoxy) is 3. The number of nitrogens with one attached hydrogen (secondary N) is 2. The van der Waals surface area contributed by atoms with Crippen molar-refractivity contribution in [2.45, 2.75) is 19.4 Å². The van der Waals surface area contributed by atoms with Gasteiger partial charge in [0, 0.05) is 29.6 Å². The van der Waals surface area contributed by atoms with E-state index < -0.39 is 5.97 Å². The Morgan fingerprint density at radius 1 is 0.857 bits per heavy atom. The number of aromatic amines is 1. The first-order valence-electron chi connectivity index (χ1n) is 11.4.